The summed E-state index contributed by atoms with van der Waals surface area (Å²) in [6.07, 6.45) is 2.77. The van der Waals surface area contributed by atoms with Crippen LogP contribution in [0, 0.1) is 6.92 Å². The lowest BCUT2D eigenvalue weighted by Crippen LogP contribution is -2.36. The van der Waals surface area contributed by atoms with Gasteiger partial charge in [-0.3, -0.25) is 0 Å². The molecule has 0 saturated heterocycles. The van der Waals surface area contributed by atoms with Gasteiger partial charge in [-0.2, -0.15) is 0 Å². The average molecular weight is 415 g/mol. The van der Waals surface area contributed by atoms with Gasteiger partial charge in [0.2, 0.25) is 5.88 Å². The van der Waals surface area contributed by atoms with E-state index in [4.69, 9.17) is 14.2 Å². The normalized spacial score (nSPS) is 11.3. The van der Waals surface area contributed by atoms with E-state index in [1.165, 1.54) is 0 Å². The molecule has 1 aromatic heterocycles. The standard InChI is InChI=1S/C23H34N4O3/c1-5-11-30-22-10-8-19(15-25-22)16-26-23(24-6-2)27-17-20-9-7-18(3)14-21(20)29-13-12-28-4/h7-10,14-15H,5-6,11-13,16-17H2,1-4H3,(H2,24,26,27). The molecule has 0 atom stereocenters. The van der Waals surface area contributed by atoms with Crippen LogP contribution >= 0.6 is 0 Å². The molecule has 0 bridgehead atoms. The number of benzene rings is 1. The maximum absolute atomic E-state index is 5.87. The Bertz CT molecular complexity index is 779. The summed E-state index contributed by atoms with van der Waals surface area (Å²) in [5, 5.41) is 6.66. The average Bonchev–Trinajstić information content (AvgIpc) is 2.76. The van der Waals surface area contributed by atoms with Crippen LogP contribution in [0.4, 0.5) is 0 Å². The molecule has 2 N–H and O–H groups in total. The molecule has 1 aromatic carbocycles. The number of aryl methyl sites for hydroxylation is 1. The zero-order valence-corrected chi connectivity index (χ0v) is 18.5. The number of pyridine rings is 1. The SMILES string of the molecule is CCCOc1ccc(CN=C(NCC)NCc2ccc(C)cc2OCCOC)cn1. The molecule has 30 heavy (non-hydrogen) atoms. The summed E-state index contributed by atoms with van der Waals surface area (Å²) in [5.41, 5.74) is 3.25. The molecule has 164 valence electrons. The fourth-order valence-corrected chi connectivity index (χ4v) is 2.66. The zero-order chi connectivity index (χ0) is 21.6. The van der Waals surface area contributed by atoms with Crippen molar-refractivity contribution in [1.29, 1.82) is 0 Å². The Kier molecular flexibility index (Phi) is 10.5. The fraction of sp³-hybridized carbons (Fsp3) is 0.478. The van der Waals surface area contributed by atoms with Gasteiger partial charge >= 0.3 is 0 Å². The van der Waals surface area contributed by atoms with Gasteiger partial charge in [0.1, 0.15) is 12.4 Å². The molecular formula is C23H34N4O3. The molecule has 0 radical (unpaired) electrons. The van der Waals surface area contributed by atoms with Crippen LogP contribution in [0.25, 0.3) is 0 Å². The number of nitrogens with one attached hydrogen (secondary N) is 2. The van der Waals surface area contributed by atoms with E-state index < -0.39 is 0 Å². The topological polar surface area (TPSA) is 77.0 Å². The summed E-state index contributed by atoms with van der Waals surface area (Å²) in [7, 11) is 1.67. The third-order valence-corrected chi connectivity index (χ3v) is 4.23. The second-order valence-electron chi connectivity index (χ2n) is 6.85. The quantitative estimate of drug-likeness (QED) is 0.315. The van der Waals surface area contributed by atoms with E-state index in [0.29, 0.717) is 38.8 Å². The highest BCUT2D eigenvalue weighted by atomic mass is 16.5. The van der Waals surface area contributed by atoms with E-state index in [1.807, 2.05) is 25.1 Å². The number of aromatic nitrogens is 1. The van der Waals surface area contributed by atoms with E-state index in [0.717, 1.165) is 41.4 Å². The van der Waals surface area contributed by atoms with Gasteiger partial charge in [0.25, 0.3) is 0 Å². The Morgan fingerprint density at radius 2 is 1.90 bits per heavy atom. The minimum Gasteiger partial charge on any atom is -0.491 e. The Labute approximate surface area is 179 Å². The number of hydrogen-bond acceptors (Lipinski definition) is 5. The molecule has 1 heterocycles. The summed E-state index contributed by atoms with van der Waals surface area (Å²) in [6, 6.07) is 10.1. The van der Waals surface area contributed by atoms with Crippen LogP contribution in [0.3, 0.4) is 0 Å². The fourth-order valence-electron chi connectivity index (χ4n) is 2.66. The van der Waals surface area contributed by atoms with Crippen molar-refractivity contribution in [3.63, 3.8) is 0 Å². The second-order valence-corrected chi connectivity index (χ2v) is 6.85. The predicted molar refractivity (Wildman–Crippen MR) is 120 cm³/mol. The number of aliphatic imine (C=N–C) groups is 1. The molecule has 0 unspecified atom stereocenters. The van der Waals surface area contributed by atoms with Crippen molar-refractivity contribution >= 4 is 5.96 Å². The first-order chi connectivity index (χ1) is 14.7. The first-order valence-electron chi connectivity index (χ1n) is 10.5. The van der Waals surface area contributed by atoms with Gasteiger partial charge in [0.05, 0.1) is 19.8 Å². The van der Waals surface area contributed by atoms with Gasteiger partial charge in [-0.25, -0.2) is 9.98 Å². The van der Waals surface area contributed by atoms with Crippen LogP contribution in [0.2, 0.25) is 0 Å². The third kappa shape index (κ3) is 8.29. The number of ether oxygens (including phenoxy) is 3. The van der Waals surface area contributed by atoms with E-state index in [9.17, 15) is 0 Å². The van der Waals surface area contributed by atoms with Crippen molar-refractivity contribution in [2.24, 2.45) is 4.99 Å². The molecular weight excluding hydrogens is 380 g/mol. The summed E-state index contributed by atoms with van der Waals surface area (Å²) in [5.74, 6) is 2.25. The molecule has 0 amide bonds. The lowest BCUT2D eigenvalue weighted by molar-refractivity contribution is 0.145. The Balaban J connectivity index is 1.98. The minimum atomic E-state index is 0.520. The van der Waals surface area contributed by atoms with Crippen molar-refractivity contribution in [1.82, 2.24) is 15.6 Å². The summed E-state index contributed by atoms with van der Waals surface area (Å²) >= 11 is 0. The largest absolute Gasteiger partial charge is 0.491 e. The van der Waals surface area contributed by atoms with Gasteiger partial charge < -0.3 is 24.8 Å². The Morgan fingerprint density at radius 1 is 1.03 bits per heavy atom. The minimum absolute atomic E-state index is 0.520. The molecule has 7 heteroatoms. The highest BCUT2D eigenvalue weighted by molar-refractivity contribution is 5.79. The van der Waals surface area contributed by atoms with Crippen LogP contribution in [-0.4, -0.2) is 44.4 Å². The first-order valence-corrected chi connectivity index (χ1v) is 10.5. The molecule has 7 nitrogen and oxygen atoms in total. The predicted octanol–water partition coefficient (Wildman–Crippen LogP) is 3.46. The lowest BCUT2D eigenvalue weighted by Gasteiger charge is -2.15. The molecule has 0 aliphatic carbocycles. The van der Waals surface area contributed by atoms with Gasteiger partial charge in [0, 0.05) is 38.0 Å². The van der Waals surface area contributed by atoms with Gasteiger partial charge in [-0.05, 0) is 37.5 Å². The molecule has 2 rings (SSSR count). The first kappa shape index (κ1) is 23.5. The van der Waals surface area contributed by atoms with Crippen LogP contribution in [0.5, 0.6) is 11.6 Å². The van der Waals surface area contributed by atoms with Crippen LogP contribution in [0.1, 0.15) is 37.0 Å². The molecule has 0 aliphatic rings. The second kappa shape index (κ2) is 13.4. The number of guanidine groups is 1. The summed E-state index contributed by atoms with van der Waals surface area (Å²) < 4.78 is 16.5. The number of rotatable bonds is 12. The highest BCUT2D eigenvalue weighted by Gasteiger charge is 2.06. The van der Waals surface area contributed by atoms with Crippen molar-refractivity contribution in [3.8, 4) is 11.6 Å². The molecule has 0 fully saturated rings. The van der Waals surface area contributed by atoms with E-state index in [-0.39, 0.29) is 0 Å². The Hall–Kier alpha value is -2.80. The lowest BCUT2D eigenvalue weighted by atomic mass is 10.1. The molecule has 0 saturated carbocycles. The van der Waals surface area contributed by atoms with Crippen LogP contribution < -0.4 is 20.1 Å². The van der Waals surface area contributed by atoms with Crippen LogP contribution in [0.15, 0.2) is 41.5 Å². The maximum Gasteiger partial charge on any atom is 0.213 e. The van der Waals surface area contributed by atoms with Crippen LogP contribution in [-0.2, 0) is 17.8 Å². The van der Waals surface area contributed by atoms with E-state index in [1.54, 1.807) is 13.3 Å². The molecule has 2 aromatic rings. The van der Waals surface area contributed by atoms with Crippen molar-refractivity contribution < 1.29 is 14.2 Å². The molecule has 0 aliphatic heterocycles. The van der Waals surface area contributed by atoms with Crippen molar-refractivity contribution in [2.45, 2.75) is 40.3 Å². The smallest absolute Gasteiger partial charge is 0.213 e. The number of methoxy groups -OCH3 is 1. The summed E-state index contributed by atoms with van der Waals surface area (Å²) in [4.78, 5) is 9.00. The van der Waals surface area contributed by atoms with Gasteiger partial charge in [0.15, 0.2) is 5.96 Å². The number of nitrogens with zero attached hydrogens (tertiary/aromatic N) is 2. The maximum atomic E-state index is 5.87. The van der Waals surface area contributed by atoms with Crippen molar-refractivity contribution in [2.75, 3.05) is 33.5 Å². The third-order valence-electron chi connectivity index (χ3n) is 4.23. The monoisotopic (exact) mass is 414 g/mol. The van der Waals surface area contributed by atoms with Gasteiger partial charge in [-0.15, -0.1) is 0 Å². The van der Waals surface area contributed by atoms with Crippen molar-refractivity contribution in [3.05, 3.63) is 53.2 Å². The Morgan fingerprint density at radius 3 is 2.60 bits per heavy atom. The number of hydrogen-bond donors (Lipinski definition) is 2. The van der Waals surface area contributed by atoms with Gasteiger partial charge in [-0.1, -0.05) is 25.1 Å². The molecule has 0 spiro atoms. The van der Waals surface area contributed by atoms with E-state index >= 15 is 0 Å². The summed E-state index contributed by atoms with van der Waals surface area (Å²) in [6.45, 7) is 9.84. The highest BCUT2D eigenvalue weighted by Crippen LogP contribution is 2.20. The zero-order valence-electron chi connectivity index (χ0n) is 18.5. The van der Waals surface area contributed by atoms with E-state index in [2.05, 4.69) is 46.6 Å².